The number of amides is 1. The number of aryl methyl sites for hydroxylation is 1. The van der Waals surface area contributed by atoms with Crippen molar-refractivity contribution in [1.29, 1.82) is 0 Å². The van der Waals surface area contributed by atoms with Crippen molar-refractivity contribution in [3.05, 3.63) is 57.6 Å². The van der Waals surface area contributed by atoms with Gasteiger partial charge in [0.1, 0.15) is 5.60 Å². The van der Waals surface area contributed by atoms with Gasteiger partial charge in [0.15, 0.2) is 5.65 Å². The summed E-state index contributed by atoms with van der Waals surface area (Å²) in [4.78, 5) is 32.2. The average Bonchev–Trinajstić information content (AvgIpc) is 3.23. The lowest BCUT2D eigenvalue weighted by atomic mass is 10.2. The fraction of sp³-hybridized carbons (Fsp3) is 0.409. The SMILES string of the molecule is Cc1cc(Cl)ccc1-n1c(=O)n(C2CCN(C(=O)OC(C)(C)C)C2)c2ncccc21. The third-order valence-electron chi connectivity index (χ3n) is 5.21. The molecule has 4 rings (SSSR count). The summed E-state index contributed by atoms with van der Waals surface area (Å²) in [5.41, 5.74) is 2.26. The van der Waals surface area contributed by atoms with Crippen LogP contribution >= 0.6 is 11.6 Å². The molecule has 7 nitrogen and oxygen atoms in total. The molecule has 3 aromatic rings. The Labute approximate surface area is 179 Å². The fourth-order valence-electron chi connectivity index (χ4n) is 3.93. The molecule has 0 N–H and O–H groups in total. The Morgan fingerprint density at radius 2 is 2.03 bits per heavy atom. The maximum Gasteiger partial charge on any atom is 0.410 e. The highest BCUT2D eigenvalue weighted by Gasteiger charge is 2.33. The first-order valence-electron chi connectivity index (χ1n) is 9.98. The van der Waals surface area contributed by atoms with Gasteiger partial charge in [-0.15, -0.1) is 0 Å². The van der Waals surface area contributed by atoms with E-state index in [0.29, 0.717) is 30.2 Å². The number of hydrogen-bond donors (Lipinski definition) is 0. The third-order valence-corrected chi connectivity index (χ3v) is 5.45. The summed E-state index contributed by atoms with van der Waals surface area (Å²) in [6.07, 6.45) is 1.98. The Morgan fingerprint density at radius 3 is 2.73 bits per heavy atom. The van der Waals surface area contributed by atoms with Crippen LogP contribution in [0.15, 0.2) is 41.3 Å². The van der Waals surface area contributed by atoms with E-state index in [1.165, 1.54) is 0 Å². The first-order valence-corrected chi connectivity index (χ1v) is 10.4. The van der Waals surface area contributed by atoms with Crippen LogP contribution in [0.3, 0.4) is 0 Å². The van der Waals surface area contributed by atoms with Crippen molar-refractivity contribution in [2.24, 2.45) is 0 Å². The molecule has 8 heteroatoms. The van der Waals surface area contributed by atoms with Crippen molar-refractivity contribution >= 4 is 28.9 Å². The molecule has 1 aliphatic rings. The molecular formula is C22H25ClN4O3. The molecule has 0 saturated carbocycles. The van der Waals surface area contributed by atoms with Crippen molar-refractivity contribution in [2.45, 2.75) is 45.8 Å². The summed E-state index contributed by atoms with van der Waals surface area (Å²) in [7, 11) is 0. The number of pyridine rings is 1. The Morgan fingerprint density at radius 1 is 1.27 bits per heavy atom. The van der Waals surface area contributed by atoms with E-state index in [1.54, 1.807) is 26.3 Å². The number of nitrogens with zero attached hydrogens (tertiary/aromatic N) is 4. The maximum absolute atomic E-state index is 13.5. The van der Waals surface area contributed by atoms with Gasteiger partial charge in [-0.3, -0.25) is 9.13 Å². The summed E-state index contributed by atoms with van der Waals surface area (Å²) < 4.78 is 8.86. The monoisotopic (exact) mass is 428 g/mol. The van der Waals surface area contributed by atoms with Crippen molar-refractivity contribution in [1.82, 2.24) is 19.0 Å². The second-order valence-electron chi connectivity index (χ2n) is 8.63. The van der Waals surface area contributed by atoms with Gasteiger partial charge in [-0.25, -0.2) is 14.6 Å². The average molecular weight is 429 g/mol. The number of benzene rings is 1. The van der Waals surface area contributed by atoms with E-state index in [1.807, 2.05) is 52.0 Å². The number of fused-ring (bicyclic) bond motifs is 1. The summed E-state index contributed by atoms with van der Waals surface area (Å²) in [6, 6.07) is 8.98. The van der Waals surface area contributed by atoms with E-state index in [4.69, 9.17) is 16.3 Å². The molecule has 1 saturated heterocycles. The molecule has 0 spiro atoms. The minimum absolute atomic E-state index is 0.170. The van der Waals surface area contributed by atoms with Gasteiger partial charge in [0.2, 0.25) is 0 Å². The molecule has 1 atom stereocenters. The Balaban J connectivity index is 1.76. The van der Waals surface area contributed by atoms with Crippen LogP contribution in [0.4, 0.5) is 4.79 Å². The van der Waals surface area contributed by atoms with Crippen LogP contribution in [0.25, 0.3) is 16.9 Å². The molecule has 1 aliphatic heterocycles. The van der Waals surface area contributed by atoms with Crippen LogP contribution in [0.1, 0.15) is 38.8 Å². The van der Waals surface area contributed by atoms with Crippen LogP contribution in [0, 0.1) is 6.92 Å². The van der Waals surface area contributed by atoms with E-state index < -0.39 is 5.60 Å². The molecule has 0 radical (unpaired) electrons. The van der Waals surface area contributed by atoms with Crippen LogP contribution in [0.5, 0.6) is 0 Å². The second-order valence-corrected chi connectivity index (χ2v) is 9.07. The minimum Gasteiger partial charge on any atom is -0.444 e. The third kappa shape index (κ3) is 3.69. The van der Waals surface area contributed by atoms with Crippen molar-refractivity contribution in [2.75, 3.05) is 13.1 Å². The predicted molar refractivity (Wildman–Crippen MR) is 117 cm³/mol. The minimum atomic E-state index is -0.560. The lowest BCUT2D eigenvalue weighted by molar-refractivity contribution is 0.0289. The Kier molecular flexibility index (Phi) is 5.10. The second kappa shape index (κ2) is 7.47. The van der Waals surface area contributed by atoms with E-state index in [9.17, 15) is 9.59 Å². The number of rotatable bonds is 2. The van der Waals surface area contributed by atoms with E-state index in [0.717, 1.165) is 16.8 Å². The van der Waals surface area contributed by atoms with Crippen LogP contribution in [-0.2, 0) is 4.74 Å². The normalized spacial score (nSPS) is 17.0. The van der Waals surface area contributed by atoms with E-state index in [-0.39, 0.29) is 17.8 Å². The number of hydrogen-bond acceptors (Lipinski definition) is 4. The van der Waals surface area contributed by atoms with Gasteiger partial charge in [-0.2, -0.15) is 0 Å². The molecule has 3 heterocycles. The highest BCUT2D eigenvalue weighted by molar-refractivity contribution is 6.30. The fourth-order valence-corrected chi connectivity index (χ4v) is 4.15. The molecule has 158 valence electrons. The maximum atomic E-state index is 13.5. The molecule has 30 heavy (non-hydrogen) atoms. The molecule has 1 unspecified atom stereocenters. The Bertz CT molecular complexity index is 1180. The molecule has 1 fully saturated rings. The molecule has 1 aromatic carbocycles. The topological polar surface area (TPSA) is 69.4 Å². The van der Waals surface area contributed by atoms with Crippen LogP contribution in [0.2, 0.25) is 5.02 Å². The lowest BCUT2D eigenvalue weighted by Crippen LogP contribution is -2.36. The summed E-state index contributed by atoms with van der Waals surface area (Å²) in [6.45, 7) is 8.39. The van der Waals surface area contributed by atoms with Gasteiger partial charge in [0.25, 0.3) is 0 Å². The predicted octanol–water partition coefficient (Wildman–Crippen LogP) is 4.33. The molecule has 2 aromatic heterocycles. The summed E-state index contributed by atoms with van der Waals surface area (Å²) in [5, 5.41) is 0.620. The molecular weight excluding hydrogens is 404 g/mol. The standard InChI is InChI=1S/C22H25ClN4O3/c1-14-12-15(23)7-8-17(14)27-18-6-5-10-24-19(18)26(20(27)28)16-9-11-25(13-16)21(29)30-22(2,3)4/h5-8,10,12,16H,9,11,13H2,1-4H3. The zero-order chi connectivity index (χ0) is 21.6. The van der Waals surface area contributed by atoms with Crippen molar-refractivity contribution in [3.63, 3.8) is 0 Å². The highest BCUT2D eigenvalue weighted by Crippen LogP contribution is 2.28. The molecule has 0 aliphatic carbocycles. The van der Waals surface area contributed by atoms with Gasteiger partial charge in [0, 0.05) is 24.3 Å². The molecule has 0 bridgehead atoms. The number of halogens is 1. The number of ether oxygens (including phenoxy) is 1. The van der Waals surface area contributed by atoms with Crippen LogP contribution in [-0.4, -0.2) is 43.8 Å². The highest BCUT2D eigenvalue weighted by atomic mass is 35.5. The largest absolute Gasteiger partial charge is 0.444 e. The van der Waals surface area contributed by atoms with Crippen LogP contribution < -0.4 is 5.69 Å². The van der Waals surface area contributed by atoms with Gasteiger partial charge in [-0.1, -0.05) is 11.6 Å². The zero-order valence-electron chi connectivity index (χ0n) is 17.6. The zero-order valence-corrected chi connectivity index (χ0v) is 18.3. The number of aromatic nitrogens is 3. The number of likely N-dealkylation sites (tertiary alicyclic amines) is 1. The Hall–Kier alpha value is -2.80. The van der Waals surface area contributed by atoms with E-state index in [2.05, 4.69) is 4.98 Å². The lowest BCUT2D eigenvalue weighted by Gasteiger charge is -2.24. The van der Waals surface area contributed by atoms with Gasteiger partial charge in [-0.05, 0) is 70.0 Å². The van der Waals surface area contributed by atoms with Crippen molar-refractivity contribution < 1.29 is 9.53 Å². The summed E-state index contributed by atoms with van der Waals surface area (Å²) >= 11 is 6.11. The van der Waals surface area contributed by atoms with E-state index >= 15 is 0 Å². The van der Waals surface area contributed by atoms with Gasteiger partial charge < -0.3 is 9.64 Å². The first kappa shape index (κ1) is 20.5. The number of imidazole rings is 1. The summed E-state index contributed by atoms with van der Waals surface area (Å²) in [5.74, 6) is 0. The van der Waals surface area contributed by atoms with Gasteiger partial charge >= 0.3 is 11.8 Å². The van der Waals surface area contributed by atoms with Gasteiger partial charge in [0.05, 0.1) is 17.2 Å². The smallest absolute Gasteiger partial charge is 0.410 e. The first-order chi connectivity index (χ1) is 14.2. The number of carbonyl (C=O) groups is 1. The quantitative estimate of drug-likeness (QED) is 0.609. The molecule has 1 amide bonds. The van der Waals surface area contributed by atoms with Crippen molar-refractivity contribution in [3.8, 4) is 5.69 Å². The number of carbonyl (C=O) groups excluding carboxylic acids is 1.